The number of nitrogens with one attached hydrogen (secondary N) is 4. The Morgan fingerprint density at radius 2 is 0.984 bits per heavy atom. The van der Waals surface area contributed by atoms with Crippen molar-refractivity contribution in [3.63, 3.8) is 0 Å². The third-order valence-corrected chi connectivity index (χ3v) is 27.9. The zero-order valence-electron chi connectivity index (χ0n) is 67.0. The van der Waals surface area contributed by atoms with Gasteiger partial charge in [0.05, 0.1) is 84.3 Å². The van der Waals surface area contributed by atoms with E-state index in [9.17, 15) is 107 Å². The summed E-state index contributed by atoms with van der Waals surface area (Å²) < 4.78 is 113. The molecule has 2 fully saturated rings. The van der Waals surface area contributed by atoms with E-state index in [1.165, 1.54) is 0 Å². The van der Waals surface area contributed by atoms with Gasteiger partial charge >= 0.3 is 95.9 Å². The number of aliphatic carboxylic acids is 2. The number of H-pyrrole nitrogens is 2. The van der Waals surface area contributed by atoms with Crippen LogP contribution in [0.15, 0.2) is 95.0 Å². The molecular formula is C65H81Cl3EuN24O30P6+. The second-order valence-corrected chi connectivity index (χ2v) is 38.5. The number of phosphoric ester groups is 2. The molecule has 20 N–H and O–H groups in total. The van der Waals surface area contributed by atoms with E-state index in [1.807, 2.05) is 49.4 Å². The van der Waals surface area contributed by atoms with E-state index in [0.29, 0.717) is 58.5 Å². The van der Waals surface area contributed by atoms with Crippen LogP contribution in [0.25, 0.3) is 56.2 Å². The molecule has 9 aromatic heterocycles. The Kier molecular flexibility index (Phi) is 37.5. The van der Waals surface area contributed by atoms with Crippen LogP contribution in [0, 0.1) is 49.4 Å². The van der Waals surface area contributed by atoms with Crippen molar-refractivity contribution in [1.82, 2.24) is 93.7 Å². The minimum Gasteiger partial charge on any atom is -0.549 e. The van der Waals surface area contributed by atoms with Crippen LogP contribution in [-0.2, 0) is 92.3 Å². The molecule has 1 aromatic carbocycles. The van der Waals surface area contributed by atoms with Crippen LogP contribution in [-0.4, -0.2) is 257 Å². The zero-order valence-corrected chi connectivity index (χ0v) is 77.0. The number of halogens is 3. The summed E-state index contributed by atoms with van der Waals surface area (Å²) in [6.07, 6.45) is -11.8. The van der Waals surface area contributed by atoms with Gasteiger partial charge in [-0.1, -0.05) is 45.0 Å². The number of nitrogen functional groups attached to an aromatic ring is 2. The Morgan fingerprint density at radius 1 is 0.543 bits per heavy atom. The Labute approximate surface area is 782 Å². The SMILES string of the molecule is CCN(CC)Cc1cccc(-c2cc(-c3ccc(Nc4nc(Cl)nc(NCCCP(=O)(O)OP(=O)(O)OP(=O)(O)OC[C@H]5O[C@@H](n6cnc7c(=O)[nH]c(N)nc76)[C@@H](O)C5O)n4)cc3)cc(-c3cccc(CN(CC(=O)[O-])CC(=O)[O-])n3)n2)n1.CCc1nc(Cl)nc(Cl)n1.NCCCP(=O)(O)OP(=O)(O)OP(=O)(O)OC[C@H]1O[C@@H](n2cnc3c(=O)[nH]c(N)nc32)[C@@H](O)C1O.[Eu+3]. The van der Waals surface area contributed by atoms with E-state index in [4.69, 9.17) is 81.0 Å². The number of carbonyl (C=O) groups excluding carboxylic acids is 2. The predicted octanol–water partition coefficient (Wildman–Crippen LogP) is 1.02. The molecule has 2 aliphatic rings. The number of benzene rings is 1. The summed E-state index contributed by atoms with van der Waals surface area (Å²) >= 11 is 17.2. The average Bonchev–Trinajstić information content (AvgIpc) is 1.61. The number of carboxylic acids is 2. The van der Waals surface area contributed by atoms with Gasteiger partial charge in [-0.05, 0) is 127 Å². The van der Waals surface area contributed by atoms with Crippen molar-refractivity contribution in [1.29, 1.82) is 0 Å². The van der Waals surface area contributed by atoms with Crippen molar-refractivity contribution in [2.45, 2.75) is 102 Å². The maximum absolute atomic E-state index is 12.8. The Bertz CT molecular complexity index is 6030. The number of carbonyl (C=O) groups is 2. The van der Waals surface area contributed by atoms with E-state index in [1.54, 1.807) is 30.3 Å². The molecule has 0 bridgehead atoms. The summed E-state index contributed by atoms with van der Waals surface area (Å²) in [6, 6.07) is 21.5. The Hall–Kier alpha value is -7.48. The van der Waals surface area contributed by atoms with Gasteiger partial charge in [0.25, 0.3) is 11.1 Å². The van der Waals surface area contributed by atoms with Crippen molar-refractivity contribution in [3.8, 4) is 33.9 Å². The van der Waals surface area contributed by atoms with Crippen molar-refractivity contribution >= 4 is 145 Å². The third kappa shape index (κ3) is 30.5. The molecular weight excluding hydrogens is 2040 g/mol. The molecule has 2 saturated heterocycles. The van der Waals surface area contributed by atoms with Crippen molar-refractivity contribution in [2.24, 2.45) is 5.73 Å². The second-order valence-electron chi connectivity index (χ2n) is 27.2. The molecule has 12 rings (SSSR count). The fourth-order valence-electron chi connectivity index (χ4n) is 12.0. The number of rotatable bonds is 40. The summed E-state index contributed by atoms with van der Waals surface area (Å²) in [5.41, 5.74) is 19.4. The van der Waals surface area contributed by atoms with Gasteiger partial charge in [-0.15, -0.1) is 0 Å². The van der Waals surface area contributed by atoms with Crippen LogP contribution in [0.5, 0.6) is 0 Å². The smallest absolute Gasteiger partial charge is 0.549 e. The average molecular weight is 2120 g/mol. The number of fused-ring (bicyclic) bond motifs is 2. The number of aryl methyl sites for hydroxylation is 1. The molecule has 2 aliphatic heterocycles. The number of aromatic amines is 2. The maximum Gasteiger partial charge on any atom is 3.00 e. The fraction of sp³-hybridized carbons (Fsp3) is 0.400. The van der Waals surface area contributed by atoms with Crippen molar-refractivity contribution in [3.05, 3.63) is 139 Å². The number of phosphoric acid groups is 4. The summed E-state index contributed by atoms with van der Waals surface area (Å²) in [5.74, 6) is -2.99. The summed E-state index contributed by atoms with van der Waals surface area (Å²) in [4.78, 5) is 168. The van der Waals surface area contributed by atoms with Crippen LogP contribution in [0.1, 0.15) is 63.3 Å². The molecule has 11 heterocycles. The molecule has 54 nitrogen and oxygen atoms in total. The zero-order chi connectivity index (χ0) is 93.5. The monoisotopic (exact) mass is 2120 g/mol. The topological polar surface area (TPSA) is 811 Å². The summed E-state index contributed by atoms with van der Waals surface area (Å²) in [5, 5.41) is 70.5. The normalized spacial score (nSPS) is 20.2. The number of nitrogens with zero attached hydrogens (tertiary/aromatic N) is 17. The third-order valence-electron chi connectivity index (χ3n) is 17.7. The number of nitrogens with two attached hydrogens (primary N) is 3. The van der Waals surface area contributed by atoms with E-state index in [0.717, 1.165) is 51.0 Å². The number of hydrogen-bond acceptors (Lipinski definition) is 44. The van der Waals surface area contributed by atoms with E-state index >= 15 is 0 Å². The first kappa shape index (κ1) is 105. The quantitative estimate of drug-likeness (QED) is 0.0188. The number of pyridine rings is 3. The predicted molar refractivity (Wildman–Crippen MR) is 444 cm³/mol. The number of imidazole rings is 2. The van der Waals surface area contributed by atoms with Crippen molar-refractivity contribution in [2.75, 3.05) is 86.9 Å². The van der Waals surface area contributed by atoms with Gasteiger partial charge in [-0.25, -0.2) is 61.8 Å². The largest absolute Gasteiger partial charge is 3.00 e. The molecule has 0 radical (unpaired) electrons. The molecule has 129 heavy (non-hydrogen) atoms. The fourth-order valence-corrected chi connectivity index (χ4v) is 20.8. The van der Waals surface area contributed by atoms with Gasteiger partial charge in [-0.2, -0.15) is 38.5 Å². The second kappa shape index (κ2) is 46.0. The van der Waals surface area contributed by atoms with Crippen LogP contribution < -0.4 is 49.2 Å². The van der Waals surface area contributed by atoms with E-state index < -0.39 is 157 Å². The minimum absolute atomic E-state index is 0. The maximum atomic E-state index is 12.8. The van der Waals surface area contributed by atoms with Gasteiger partial charge in [0.15, 0.2) is 34.8 Å². The first-order chi connectivity index (χ1) is 60.2. The molecule has 0 spiro atoms. The van der Waals surface area contributed by atoms with Gasteiger partial charge in [0.1, 0.15) is 42.4 Å². The Balaban J connectivity index is 0.000000333. The molecule has 14 atom stereocenters. The minimum atomic E-state index is -5.83. The summed E-state index contributed by atoms with van der Waals surface area (Å²) in [6.45, 7) is 4.64. The molecule has 0 amide bonds. The van der Waals surface area contributed by atoms with Gasteiger partial charge < -0.3 is 107 Å². The standard InChI is InChI=1S/C47H55ClN15O17P3.C13H23N6O13P3.C5H5Cl2N3.Eu/c1-3-61(4-2)20-29-8-5-10-31(52-29)33-18-27(19-34(55-33)32-11-6-9-30(53-32)21-62(22-36(64)65)23-37(66)67)26-12-14-28(15-13-26)54-47-59-44(48)58-46(60-47)50-16-7-17-81(71,72)79-83(75,76)80-82(73,74)77-24-35-39(68)40(69)43(78-35)63-25-51-38-41(63)56-45(49)57-42(38)70;14-2-1-3-33(23,24)31-35(27,28)32-34(25,26)29-4-6-8(20)9(21)12(30-6)19-5-16-7-10(19)17-13(15)18-11(7)22;1-2-3-8-4(6)10-5(7)9-3;/h5-6,8-15,18-19,25,35,39-40,43,68-69H,3-4,7,16-17,20-24H2,1-2H3,(H,64,65)(H,66,67)(H,71,72)(H,73,74)(H,75,76)(H3,49,56,57,70)(H2,50,54,58,59,60);5-6,8-9,12,20-21H,1-4,14H2,(H,23,24)(H,25,26)(H,27,28)(H3,15,17,18,22);2H2,1H3;/q;;;+3/p-2/t35-,39?,40+,43-;6-,8?,9+,12-;;/m11../s1. The number of aliphatic hydroxyl groups is 4. The van der Waals surface area contributed by atoms with Crippen LogP contribution in [0.2, 0.25) is 15.9 Å². The van der Waals surface area contributed by atoms with Crippen molar-refractivity contribution < 1.29 is 182 Å². The van der Waals surface area contributed by atoms with Gasteiger partial charge in [-0.3, -0.25) is 56.7 Å². The number of carboxylic acid groups (broad SMARTS) is 2. The van der Waals surface area contributed by atoms with Crippen LogP contribution >= 0.6 is 81.3 Å². The van der Waals surface area contributed by atoms with Gasteiger partial charge in [0, 0.05) is 44.8 Å². The molecule has 64 heteroatoms. The first-order valence-electron chi connectivity index (χ1n) is 37.4. The molecule has 10 aromatic rings. The Morgan fingerprint density at radius 3 is 1.43 bits per heavy atom. The molecule has 8 unspecified atom stereocenters. The number of hydrogen-bond donors (Lipinski definition) is 17. The van der Waals surface area contributed by atoms with Crippen LogP contribution in [0.4, 0.5) is 29.5 Å². The number of ether oxygens (including phenoxy) is 2. The molecule has 0 saturated carbocycles. The van der Waals surface area contributed by atoms with E-state index in [-0.39, 0.29) is 144 Å². The number of aromatic nitrogens is 17. The molecule has 698 valence electrons. The van der Waals surface area contributed by atoms with E-state index in [2.05, 4.69) is 111 Å². The number of anilines is 5. The first-order valence-corrected chi connectivity index (χ1v) is 48.0. The molecule has 0 aliphatic carbocycles. The summed E-state index contributed by atoms with van der Waals surface area (Å²) in [7, 11) is -32.2. The van der Waals surface area contributed by atoms with Crippen LogP contribution in [0.3, 0.4) is 0 Å². The van der Waals surface area contributed by atoms with Gasteiger partial charge in [0.2, 0.25) is 39.6 Å². The number of aliphatic hydroxyl groups excluding tert-OH is 4.